The van der Waals surface area contributed by atoms with Gasteiger partial charge in [0.15, 0.2) is 0 Å². The summed E-state index contributed by atoms with van der Waals surface area (Å²) in [5.74, 6) is -4.69. The zero-order valence-corrected chi connectivity index (χ0v) is 11.9. The molecule has 0 spiro atoms. The predicted octanol–water partition coefficient (Wildman–Crippen LogP) is 1.55. The summed E-state index contributed by atoms with van der Waals surface area (Å²) in [5.41, 5.74) is 0.0328. The Balaban J connectivity index is 2.31. The van der Waals surface area contributed by atoms with Crippen molar-refractivity contribution in [3.05, 3.63) is 30.0 Å². The second kappa shape index (κ2) is 6.24. The Morgan fingerprint density at radius 2 is 2.70 bits per heavy atom. The Hall–Kier alpha value is -2.62. The van der Waals surface area contributed by atoms with E-state index in [0.717, 1.165) is 0 Å². The number of fused-ring (bicyclic) bond motifs is 1. The molecule has 0 radical (unpaired) electrons. The van der Waals surface area contributed by atoms with Gasteiger partial charge in [0.1, 0.15) is 21.9 Å². The number of carbonyl (C=O) groups excluding carboxylic acids is 1. The van der Waals surface area contributed by atoms with Crippen LogP contribution in [0.5, 0.6) is 0 Å². The van der Waals surface area contributed by atoms with Gasteiger partial charge in [-0.3, -0.25) is 4.79 Å². The summed E-state index contributed by atoms with van der Waals surface area (Å²) in [7, 11) is 0. The van der Waals surface area contributed by atoms with Crippen LogP contribution in [-0.4, -0.2) is 58.3 Å². The van der Waals surface area contributed by atoms with Crippen molar-refractivity contribution in [2.75, 3.05) is 31.5 Å². The fourth-order valence-corrected chi connectivity index (χ4v) is 2.36. The normalized spacial score (nSPS) is 36.3. The monoisotopic (exact) mass is 323 g/mol. The fourth-order valence-electron chi connectivity index (χ4n) is 2.36. The van der Waals surface area contributed by atoms with E-state index in [-0.39, 0.29) is 11.0 Å². The molecule has 1 aliphatic heterocycles. The number of nitrogens with one attached hydrogen (secondary N) is 1. The van der Waals surface area contributed by atoms with Gasteiger partial charge < -0.3 is 19.6 Å². The molecule has 1 aliphatic rings. The summed E-state index contributed by atoms with van der Waals surface area (Å²) in [5, 5.41) is 0.0339. The van der Waals surface area contributed by atoms with Gasteiger partial charge in [0.2, 0.25) is 0 Å². The summed E-state index contributed by atoms with van der Waals surface area (Å²) < 4.78 is 89.3. The van der Waals surface area contributed by atoms with Gasteiger partial charge in [-0.25, -0.2) is 16.5 Å². The number of H-pyrrole nitrogens is 1. The number of piperidine rings is 1. The lowest BCUT2D eigenvalue weighted by Crippen LogP contribution is -2.53. The molecule has 1 amide bonds. The number of anilines is 1. The molecule has 3 rings (SSSR count). The first-order valence-electron chi connectivity index (χ1n) is 12.2. The first-order chi connectivity index (χ1) is 15.4. The maximum atomic E-state index is 12.7. The molecule has 1 fully saturated rings. The summed E-state index contributed by atoms with van der Waals surface area (Å²) >= 11 is 0. The zero-order valence-electron chi connectivity index (χ0n) is 22.9. The van der Waals surface area contributed by atoms with Crippen LogP contribution in [0.25, 0.3) is 15.9 Å². The van der Waals surface area contributed by atoms with Gasteiger partial charge in [-0.1, -0.05) is 6.85 Å². The molecule has 0 aromatic carbocycles. The first-order valence-corrected chi connectivity index (χ1v) is 6.69. The molecule has 0 unspecified atom stereocenters. The average molecular weight is 323 g/mol. The van der Waals surface area contributed by atoms with Crippen molar-refractivity contribution in [3.8, 4) is 0 Å². The standard InChI is InChI=1S/C16H20N6O/c1-11-5-7-22(14(23)8-17-2)9-13(11)21(3)16-12-4-6-18-15(12)19-10-20-16/h4,6,10-11,13H,5,7-9H2,1,3H3,(H,18,19,20)/t11-,13+/m1/s1/i1D3,3D3,8D2,10D,11D,13D. The number of carbonyl (C=O) groups is 1. The highest BCUT2D eigenvalue weighted by Gasteiger charge is 2.33. The number of aromatic nitrogens is 3. The van der Waals surface area contributed by atoms with Gasteiger partial charge in [0, 0.05) is 35.9 Å². The number of likely N-dealkylation sites (N-methyl/N-ethyl adjacent to an activating group) is 1. The van der Waals surface area contributed by atoms with E-state index in [2.05, 4.69) is 19.8 Å². The number of nitrogens with zero attached hydrogens (tertiary/aromatic N) is 5. The van der Waals surface area contributed by atoms with Crippen LogP contribution >= 0.6 is 0 Å². The molecule has 2 atom stereocenters. The van der Waals surface area contributed by atoms with Crippen molar-refractivity contribution in [1.29, 1.82) is 0 Å². The average Bonchev–Trinajstić information content (AvgIpc) is 3.16. The smallest absolute Gasteiger partial charge is 0.302 e. The van der Waals surface area contributed by atoms with Gasteiger partial charge in [0.25, 0.3) is 6.50 Å². The molecule has 120 valence electrons. The quantitative estimate of drug-likeness (QED) is 0.870. The Bertz CT molecular complexity index is 1150. The van der Waals surface area contributed by atoms with Crippen LogP contribution in [0.2, 0.25) is 0 Å². The van der Waals surface area contributed by atoms with Crippen LogP contribution in [0.1, 0.15) is 28.4 Å². The Labute approximate surface area is 150 Å². The largest absolute Gasteiger partial charge is 0.354 e. The molecular formula is C16H20N6O. The zero-order chi connectivity index (χ0) is 25.9. The van der Waals surface area contributed by atoms with Crippen LogP contribution in [-0.2, 0) is 4.79 Å². The van der Waals surface area contributed by atoms with E-state index in [1.165, 1.54) is 12.3 Å². The van der Waals surface area contributed by atoms with Gasteiger partial charge in [-0.05, 0) is 18.4 Å². The fraction of sp³-hybridized carbons (Fsp3) is 0.500. The van der Waals surface area contributed by atoms with E-state index in [9.17, 15) is 4.79 Å². The minimum absolute atomic E-state index is 0.0328. The molecule has 0 bridgehead atoms. The summed E-state index contributed by atoms with van der Waals surface area (Å²) in [6, 6.07) is -1.57. The first kappa shape index (κ1) is 6.87. The van der Waals surface area contributed by atoms with Crippen molar-refractivity contribution in [1.82, 2.24) is 19.9 Å². The topological polar surface area (TPSA) is 69.5 Å². The lowest BCUT2D eigenvalue weighted by Gasteiger charge is -2.41. The van der Waals surface area contributed by atoms with Gasteiger partial charge >= 0.3 is 5.91 Å². The lowest BCUT2D eigenvalue weighted by atomic mass is 9.92. The number of likely N-dealkylation sites (tertiary alicyclic amines) is 1. The molecule has 1 N–H and O–H groups in total. The van der Waals surface area contributed by atoms with E-state index in [1.807, 2.05) is 0 Å². The molecule has 3 heterocycles. The van der Waals surface area contributed by atoms with E-state index < -0.39 is 69.8 Å². The molecule has 7 nitrogen and oxygen atoms in total. The van der Waals surface area contributed by atoms with E-state index in [1.54, 1.807) is 0 Å². The number of hydrogen-bond donors (Lipinski definition) is 1. The number of hydrogen-bond acceptors (Lipinski definition) is 4. The summed E-state index contributed by atoms with van der Waals surface area (Å²) in [6.07, 6.45) is 0.0180. The van der Waals surface area contributed by atoms with Crippen LogP contribution < -0.4 is 4.90 Å². The van der Waals surface area contributed by atoms with Crippen LogP contribution in [0.4, 0.5) is 5.82 Å². The minimum atomic E-state index is -3.28. The lowest BCUT2D eigenvalue weighted by molar-refractivity contribution is -0.130. The highest BCUT2D eigenvalue weighted by molar-refractivity contribution is 5.87. The van der Waals surface area contributed by atoms with Crippen molar-refractivity contribution < 1.29 is 19.9 Å². The third kappa shape index (κ3) is 2.84. The van der Waals surface area contributed by atoms with Crippen LogP contribution in [0.15, 0.2) is 18.6 Å². The maximum absolute atomic E-state index is 12.7. The third-order valence-corrected chi connectivity index (χ3v) is 3.52. The van der Waals surface area contributed by atoms with Gasteiger partial charge in [-0.2, -0.15) is 0 Å². The van der Waals surface area contributed by atoms with E-state index in [0.29, 0.717) is 9.80 Å². The second-order valence-electron chi connectivity index (χ2n) is 4.85. The Morgan fingerprint density at radius 1 is 1.78 bits per heavy atom. The van der Waals surface area contributed by atoms with E-state index >= 15 is 0 Å². The molecule has 1 saturated heterocycles. The van der Waals surface area contributed by atoms with Crippen LogP contribution in [0.3, 0.4) is 0 Å². The highest BCUT2D eigenvalue weighted by Crippen LogP contribution is 2.28. The van der Waals surface area contributed by atoms with Crippen molar-refractivity contribution in [2.24, 2.45) is 5.89 Å². The third-order valence-electron chi connectivity index (χ3n) is 3.52. The highest BCUT2D eigenvalue weighted by atomic mass is 16.2. The second-order valence-corrected chi connectivity index (χ2v) is 4.85. The van der Waals surface area contributed by atoms with Gasteiger partial charge in [0.05, 0.1) is 12.8 Å². The SMILES string of the molecule is [2H]c1nc(N(C([2H])([2H])[2H])[C@@]2([2H])CN(C(=O)C([2H])([2H])[N+]#[C-])CC[C@@]2([2H])C([2H])([2H])[2H])c2cc[nH]c2n1. The molecule has 0 aliphatic carbocycles. The Kier molecular flexibility index (Phi) is 1.87. The maximum Gasteiger partial charge on any atom is 0.302 e. The summed E-state index contributed by atoms with van der Waals surface area (Å²) in [6.45, 7) is -4.11. The molecule has 2 aromatic heterocycles. The molecule has 2 aromatic rings. The Morgan fingerprint density at radius 3 is 3.48 bits per heavy atom. The van der Waals surface area contributed by atoms with Crippen molar-refractivity contribution in [2.45, 2.75) is 19.3 Å². The molecule has 0 saturated carbocycles. The number of amides is 1. The number of aromatic amines is 1. The number of rotatable bonds is 3. The molecule has 7 heteroatoms. The van der Waals surface area contributed by atoms with Gasteiger partial charge in [-0.15, -0.1) is 0 Å². The molecular weight excluding hydrogens is 292 g/mol. The van der Waals surface area contributed by atoms with Crippen molar-refractivity contribution in [3.63, 3.8) is 0 Å². The van der Waals surface area contributed by atoms with E-state index in [4.69, 9.17) is 21.7 Å². The minimum Gasteiger partial charge on any atom is -0.354 e. The van der Waals surface area contributed by atoms with Crippen LogP contribution in [0, 0.1) is 12.5 Å². The predicted molar refractivity (Wildman–Crippen MR) is 87.9 cm³/mol. The van der Waals surface area contributed by atoms with Crippen molar-refractivity contribution >= 4 is 22.8 Å². The summed E-state index contributed by atoms with van der Waals surface area (Å²) in [4.78, 5) is 26.6. The molecule has 23 heavy (non-hydrogen) atoms.